The third-order valence-electron chi connectivity index (χ3n) is 6.52. The Morgan fingerprint density at radius 2 is 1.82 bits per heavy atom. The van der Waals surface area contributed by atoms with Gasteiger partial charge in [-0.25, -0.2) is 5.01 Å². The molecule has 172 valence electrons. The molecule has 2 fully saturated rings. The molecule has 0 radical (unpaired) electrons. The van der Waals surface area contributed by atoms with Crippen LogP contribution in [0.1, 0.15) is 52.7 Å². The number of hydrogen-bond acceptors (Lipinski definition) is 6. The maximum absolute atomic E-state index is 12.9. The number of nitrogens with zero attached hydrogens (tertiary/aromatic N) is 2. The van der Waals surface area contributed by atoms with Gasteiger partial charge in [-0.1, -0.05) is 30.3 Å². The number of amides is 3. The SMILES string of the molecule is O=C1CCC(N2Cc3c(OCc4ccc(CN5CCCCN5)cc4)cccc3C2=O)C(=O)N1. The van der Waals surface area contributed by atoms with Gasteiger partial charge in [0, 0.05) is 37.2 Å². The summed E-state index contributed by atoms with van der Waals surface area (Å²) in [7, 11) is 0. The summed E-state index contributed by atoms with van der Waals surface area (Å²) in [5.41, 5.74) is 7.07. The number of hydrazine groups is 1. The fourth-order valence-corrected chi connectivity index (χ4v) is 4.69. The van der Waals surface area contributed by atoms with E-state index in [0.29, 0.717) is 30.9 Å². The lowest BCUT2D eigenvalue weighted by atomic mass is 10.0. The zero-order valence-corrected chi connectivity index (χ0v) is 18.5. The summed E-state index contributed by atoms with van der Waals surface area (Å²) < 4.78 is 6.10. The molecule has 2 aromatic rings. The number of piperidine rings is 1. The molecule has 2 saturated heterocycles. The normalized spacial score (nSPS) is 21.2. The number of rotatable bonds is 6. The standard InChI is InChI=1S/C25H28N4O4/c30-23-11-10-21(24(31)27-23)29-15-20-19(25(29)32)4-3-5-22(20)33-16-18-8-6-17(7-9-18)14-28-13-2-1-12-26-28/h3-9,21,26H,1-2,10-16H2,(H,27,30,31). The van der Waals surface area contributed by atoms with Crippen LogP contribution in [-0.2, 0) is 29.3 Å². The van der Waals surface area contributed by atoms with Crippen molar-refractivity contribution < 1.29 is 19.1 Å². The molecule has 3 amide bonds. The number of benzene rings is 2. The van der Waals surface area contributed by atoms with Gasteiger partial charge in [-0.05, 0) is 42.5 Å². The number of imide groups is 1. The van der Waals surface area contributed by atoms with E-state index in [1.54, 1.807) is 17.0 Å². The highest BCUT2D eigenvalue weighted by molar-refractivity contribution is 6.05. The Kier molecular flexibility index (Phi) is 6.11. The molecule has 0 bridgehead atoms. The molecule has 2 N–H and O–H groups in total. The Morgan fingerprint density at radius 3 is 2.58 bits per heavy atom. The molecule has 0 aliphatic carbocycles. The number of hydrogen-bond donors (Lipinski definition) is 2. The second-order valence-electron chi connectivity index (χ2n) is 8.82. The van der Waals surface area contributed by atoms with Crippen LogP contribution in [0, 0.1) is 0 Å². The summed E-state index contributed by atoms with van der Waals surface area (Å²) in [5.74, 6) is -0.241. The van der Waals surface area contributed by atoms with Crippen molar-refractivity contribution >= 4 is 17.7 Å². The predicted molar refractivity (Wildman–Crippen MR) is 121 cm³/mol. The molecule has 0 aromatic heterocycles. The van der Waals surface area contributed by atoms with Crippen LogP contribution in [0.5, 0.6) is 5.75 Å². The fourth-order valence-electron chi connectivity index (χ4n) is 4.69. The molecule has 3 heterocycles. The van der Waals surface area contributed by atoms with Crippen LogP contribution >= 0.6 is 0 Å². The summed E-state index contributed by atoms with van der Waals surface area (Å²) in [5, 5.41) is 4.59. The Labute approximate surface area is 192 Å². The monoisotopic (exact) mass is 448 g/mol. The van der Waals surface area contributed by atoms with Gasteiger partial charge in [0.15, 0.2) is 0 Å². The van der Waals surface area contributed by atoms with Crippen LogP contribution in [0.15, 0.2) is 42.5 Å². The minimum atomic E-state index is -0.627. The minimum absolute atomic E-state index is 0.194. The second-order valence-corrected chi connectivity index (χ2v) is 8.82. The van der Waals surface area contributed by atoms with Gasteiger partial charge in [-0.15, -0.1) is 0 Å². The smallest absolute Gasteiger partial charge is 0.255 e. The van der Waals surface area contributed by atoms with E-state index < -0.39 is 11.9 Å². The van der Waals surface area contributed by atoms with Gasteiger partial charge < -0.3 is 9.64 Å². The first kappa shape index (κ1) is 21.6. The summed E-state index contributed by atoms with van der Waals surface area (Å²) >= 11 is 0. The van der Waals surface area contributed by atoms with E-state index in [-0.39, 0.29) is 18.2 Å². The topological polar surface area (TPSA) is 91.0 Å². The molecule has 0 saturated carbocycles. The number of carbonyl (C=O) groups is 3. The average Bonchev–Trinajstić information content (AvgIpc) is 3.16. The summed E-state index contributed by atoms with van der Waals surface area (Å²) in [6.07, 6.45) is 3.04. The second kappa shape index (κ2) is 9.33. The van der Waals surface area contributed by atoms with Crippen molar-refractivity contribution in [3.05, 3.63) is 64.7 Å². The fraction of sp³-hybridized carbons (Fsp3) is 0.400. The Hall–Kier alpha value is -3.23. The lowest BCUT2D eigenvalue weighted by Crippen LogP contribution is -2.52. The molecular weight excluding hydrogens is 420 g/mol. The lowest BCUT2D eigenvalue weighted by Gasteiger charge is -2.29. The van der Waals surface area contributed by atoms with E-state index in [4.69, 9.17) is 4.74 Å². The third kappa shape index (κ3) is 4.62. The number of fused-ring (bicyclic) bond motifs is 1. The summed E-state index contributed by atoms with van der Waals surface area (Å²) in [6, 6.07) is 13.2. The van der Waals surface area contributed by atoms with Crippen molar-refractivity contribution in [1.29, 1.82) is 0 Å². The first-order chi connectivity index (χ1) is 16.1. The Balaban J connectivity index is 1.23. The minimum Gasteiger partial charge on any atom is -0.489 e. The van der Waals surface area contributed by atoms with Crippen LogP contribution in [0.25, 0.3) is 0 Å². The van der Waals surface area contributed by atoms with Crippen LogP contribution in [0.2, 0.25) is 0 Å². The molecule has 0 spiro atoms. The van der Waals surface area contributed by atoms with Crippen molar-refractivity contribution in [2.45, 2.75) is 51.4 Å². The first-order valence-corrected chi connectivity index (χ1v) is 11.5. The maximum Gasteiger partial charge on any atom is 0.255 e. The van der Waals surface area contributed by atoms with E-state index in [1.807, 2.05) is 6.07 Å². The molecule has 2 aromatic carbocycles. The van der Waals surface area contributed by atoms with Crippen LogP contribution in [-0.4, -0.2) is 46.8 Å². The molecule has 1 unspecified atom stereocenters. The van der Waals surface area contributed by atoms with Gasteiger partial charge >= 0.3 is 0 Å². The van der Waals surface area contributed by atoms with E-state index in [2.05, 4.69) is 40.0 Å². The Bertz CT molecular complexity index is 1060. The van der Waals surface area contributed by atoms with Crippen molar-refractivity contribution in [2.24, 2.45) is 0 Å². The van der Waals surface area contributed by atoms with Gasteiger partial charge in [-0.2, -0.15) is 0 Å². The predicted octanol–water partition coefficient (Wildman–Crippen LogP) is 2.13. The number of carbonyl (C=O) groups excluding carboxylic acids is 3. The van der Waals surface area contributed by atoms with Gasteiger partial charge in [0.25, 0.3) is 5.91 Å². The Morgan fingerprint density at radius 1 is 1.00 bits per heavy atom. The molecule has 3 aliphatic rings. The highest BCUT2D eigenvalue weighted by Crippen LogP contribution is 2.34. The van der Waals surface area contributed by atoms with E-state index in [9.17, 15) is 14.4 Å². The molecule has 8 nitrogen and oxygen atoms in total. The quantitative estimate of drug-likeness (QED) is 0.658. The highest BCUT2D eigenvalue weighted by Gasteiger charge is 2.40. The van der Waals surface area contributed by atoms with E-state index >= 15 is 0 Å². The van der Waals surface area contributed by atoms with Gasteiger partial charge in [-0.3, -0.25) is 25.1 Å². The van der Waals surface area contributed by atoms with Crippen LogP contribution in [0.3, 0.4) is 0 Å². The maximum atomic E-state index is 12.9. The molecule has 5 rings (SSSR count). The molecule has 8 heteroatoms. The summed E-state index contributed by atoms with van der Waals surface area (Å²) in [6.45, 7) is 3.69. The number of ether oxygens (including phenoxy) is 1. The average molecular weight is 449 g/mol. The van der Waals surface area contributed by atoms with Gasteiger partial charge in [0.05, 0.1) is 6.54 Å². The number of nitrogens with one attached hydrogen (secondary N) is 2. The zero-order chi connectivity index (χ0) is 22.8. The van der Waals surface area contributed by atoms with E-state index in [0.717, 1.165) is 30.8 Å². The van der Waals surface area contributed by atoms with Crippen molar-refractivity contribution in [3.8, 4) is 5.75 Å². The molecule has 1 atom stereocenters. The van der Waals surface area contributed by atoms with Gasteiger partial charge in [0.1, 0.15) is 18.4 Å². The first-order valence-electron chi connectivity index (χ1n) is 11.5. The molecular formula is C25H28N4O4. The zero-order valence-electron chi connectivity index (χ0n) is 18.5. The van der Waals surface area contributed by atoms with Crippen molar-refractivity contribution in [1.82, 2.24) is 20.7 Å². The lowest BCUT2D eigenvalue weighted by molar-refractivity contribution is -0.136. The van der Waals surface area contributed by atoms with Crippen molar-refractivity contribution in [3.63, 3.8) is 0 Å². The van der Waals surface area contributed by atoms with Crippen molar-refractivity contribution in [2.75, 3.05) is 13.1 Å². The summed E-state index contributed by atoms with van der Waals surface area (Å²) in [4.78, 5) is 38.2. The van der Waals surface area contributed by atoms with Crippen LogP contribution < -0.4 is 15.5 Å². The van der Waals surface area contributed by atoms with Gasteiger partial charge in [0.2, 0.25) is 11.8 Å². The molecule has 3 aliphatic heterocycles. The largest absolute Gasteiger partial charge is 0.489 e. The molecule has 33 heavy (non-hydrogen) atoms. The van der Waals surface area contributed by atoms with Crippen LogP contribution in [0.4, 0.5) is 0 Å². The van der Waals surface area contributed by atoms with E-state index in [1.165, 1.54) is 18.4 Å². The highest BCUT2D eigenvalue weighted by atomic mass is 16.5. The third-order valence-corrected chi connectivity index (χ3v) is 6.52.